The van der Waals surface area contributed by atoms with Gasteiger partial charge in [0.25, 0.3) is 0 Å². The van der Waals surface area contributed by atoms with Crippen molar-refractivity contribution in [1.82, 2.24) is 9.71 Å². The first-order chi connectivity index (χ1) is 13.7. The minimum atomic E-state index is -4.44. The molecule has 0 aliphatic carbocycles. The zero-order valence-corrected chi connectivity index (χ0v) is 16.0. The number of hydrogen-bond acceptors (Lipinski definition) is 4. The SMILES string of the molecule is O=S(=O)(NC1CCN(c2ccc(C(F)(F)F)cn2)C1)c1ccc2ccccc2c1. The lowest BCUT2D eigenvalue weighted by Crippen LogP contribution is -2.37. The Morgan fingerprint density at radius 1 is 1.03 bits per heavy atom. The molecule has 1 atom stereocenters. The third-order valence-electron chi connectivity index (χ3n) is 4.94. The third kappa shape index (κ3) is 4.20. The molecule has 0 saturated carbocycles. The van der Waals surface area contributed by atoms with Crippen LogP contribution in [0.25, 0.3) is 10.8 Å². The molecule has 0 spiro atoms. The number of sulfonamides is 1. The van der Waals surface area contributed by atoms with E-state index in [2.05, 4.69) is 9.71 Å². The Balaban J connectivity index is 1.46. The third-order valence-corrected chi connectivity index (χ3v) is 6.46. The molecule has 9 heteroatoms. The monoisotopic (exact) mass is 421 g/mol. The highest BCUT2D eigenvalue weighted by Gasteiger charge is 2.32. The standard InChI is InChI=1S/C20H18F3N3O2S/c21-20(22,23)16-6-8-19(24-12-16)26-10-9-17(13-26)25-29(27,28)18-7-5-14-3-1-2-4-15(14)11-18/h1-8,11-12,17,25H,9-10,13H2. The number of aromatic nitrogens is 1. The molecule has 3 aromatic rings. The van der Waals surface area contributed by atoms with E-state index in [4.69, 9.17) is 0 Å². The summed E-state index contributed by atoms with van der Waals surface area (Å²) < 4.78 is 66.2. The van der Waals surface area contributed by atoms with Crippen LogP contribution in [0.3, 0.4) is 0 Å². The summed E-state index contributed by atoms with van der Waals surface area (Å²) in [6.07, 6.45) is -3.11. The molecule has 1 aliphatic rings. The highest BCUT2D eigenvalue weighted by atomic mass is 32.2. The van der Waals surface area contributed by atoms with E-state index in [1.807, 2.05) is 24.3 Å². The summed E-state index contributed by atoms with van der Waals surface area (Å²) in [7, 11) is -3.71. The van der Waals surface area contributed by atoms with Crippen molar-refractivity contribution in [3.05, 3.63) is 66.4 Å². The number of anilines is 1. The van der Waals surface area contributed by atoms with Gasteiger partial charge in [0, 0.05) is 25.3 Å². The minimum absolute atomic E-state index is 0.183. The van der Waals surface area contributed by atoms with Gasteiger partial charge in [0.1, 0.15) is 5.82 Å². The number of nitrogens with zero attached hydrogens (tertiary/aromatic N) is 2. The van der Waals surface area contributed by atoms with Gasteiger partial charge < -0.3 is 4.90 Å². The van der Waals surface area contributed by atoms with E-state index in [1.165, 1.54) is 6.07 Å². The molecular formula is C20H18F3N3O2S. The molecule has 1 fully saturated rings. The summed E-state index contributed by atoms with van der Waals surface area (Å²) in [4.78, 5) is 5.83. The second-order valence-corrected chi connectivity index (χ2v) is 8.68. The number of halogens is 3. The zero-order chi connectivity index (χ0) is 20.6. The lowest BCUT2D eigenvalue weighted by molar-refractivity contribution is -0.137. The molecule has 0 amide bonds. The molecule has 1 N–H and O–H groups in total. The number of hydrogen-bond donors (Lipinski definition) is 1. The van der Waals surface area contributed by atoms with Gasteiger partial charge >= 0.3 is 6.18 Å². The normalized spacial score (nSPS) is 17.8. The Labute approximate surface area is 166 Å². The molecule has 0 radical (unpaired) electrons. The smallest absolute Gasteiger partial charge is 0.355 e. The highest BCUT2D eigenvalue weighted by Crippen LogP contribution is 2.30. The van der Waals surface area contributed by atoms with Crippen molar-refractivity contribution >= 4 is 26.6 Å². The Morgan fingerprint density at radius 2 is 1.79 bits per heavy atom. The van der Waals surface area contributed by atoms with Crippen molar-refractivity contribution < 1.29 is 21.6 Å². The van der Waals surface area contributed by atoms with Crippen LogP contribution in [0.15, 0.2) is 65.7 Å². The maximum Gasteiger partial charge on any atom is 0.417 e. The van der Waals surface area contributed by atoms with E-state index in [-0.39, 0.29) is 10.9 Å². The number of fused-ring (bicyclic) bond motifs is 1. The minimum Gasteiger partial charge on any atom is -0.355 e. The summed E-state index contributed by atoms with van der Waals surface area (Å²) >= 11 is 0. The van der Waals surface area contributed by atoms with Gasteiger partial charge in [0.2, 0.25) is 10.0 Å². The van der Waals surface area contributed by atoms with Crippen LogP contribution in [-0.4, -0.2) is 32.5 Å². The van der Waals surface area contributed by atoms with Gasteiger partial charge in [-0.3, -0.25) is 0 Å². The first-order valence-electron chi connectivity index (χ1n) is 9.02. The number of benzene rings is 2. The van der Waals surface area contributed by atoms with Gasteiger partial charge in [0.15, 0.2) is 0 Å². The summed E-state index contributed by atoms with van der Waals surface area (Å²) in [5.41, 5.74) is -0.811. The lowest BCUT2D eigenvalue weighted by Gasteiger charge is -2.18. The lowest BCUT2D eigenvalue weighted by atomic mass is 10.1. The molecule has 4 rings (SSSR count). The van der Waals surface area contributed by atoms with Crippen LogP contribution in [-0.2, 0) is 16.2 Å². The first-order valence-corrected chi connectivity index (χ1v) is 10.5. The molecule has 1 saturated heterocycles. The van der Waals surface area contributed by atoms with Crippen molar-refractivity contribution in [2.75, 3.05) is 18.0 Å². The van der Waals surface area contributed by atoms with Gasteiger partial charge in [-0.25, -0.2) is 18.1 Å². The molecule has 0 bridgehead atoms. The number of alkyl halides is 3. The Morgan fingerprint density at radius 3 is 2.48 bits per heavy atom. The average molecular weight is 421 g/mol. The van der Waals surface area contributed by atoms with E-state index < -0.39 is 21.8 Å². The summed E-state index contributed by atoms with van der Waals surface area (Å²) in [5, 5.41) is 1.78. The van der Waals surface area contributed by atoms with Gasteiger partial charge in [0.05, 0.1) is 10.5 Å². The molecule has 1 aliphatic heterocycles. The van der Waals surface area contributed by atoms with Gasteiger partial charge in [-0.2, -0.15) is 13.2 Å². The van der Waals surface area contributed by atoms with E-state index in [9.17, 15) is 21.6 Å². The number of pyridine rings is 1. The van der Waals surface area contributed by atoms with Gasteiger partial charge in [-0.1, -0.05) is 30.3 Å². The quantitative estimate of drug-likeness (QED) is 0.696. The van der Waals surface area contributed by atoms with E-state index in [0.29, 0.717) is 25.3 Å². The molecule has 1 aromatic heterocycles. The fourth-order valence-electron chi connectivity index (χ4n) is 3.43. The van der Waals surface area contributed by atoms with Crippen molar-refractivity contribution in [3.63, 3.8) is 0 Å². The van der Waals surface area contributed by atoms with Crippen molar-refractivity contribution in [2.24, 2.45) is 0 Å². The second kappa shape index (κ2) is 7.31. The first kappa shape index (κ1) is 19.7. The molecule has 2 heterocycles. The van der Waals surface area contributed by atoms with Crippen LogP contribution < -0.4 is 9.62 Å². The summed E-state index contributed by atoms with van der Waals surface area (Å²) in [6.45, 7) is 0.842. The van der Waals surface area contributed by atoms with Crippen molar-refractivity contribution in [1.29, 1.82) is 0 Å². The zero-order valence-electron chi connectivity index (χ0n) is 15.2. The van der Waals surface area contributed by atoms with Crippen molar-refractivity contribution in [3.8, 4) is 0 Å². The summed E-state index contributed by atoms with van der Waals surface area (Å²) in [6, 6.07) is 14.4. The molecule has 29 heavy (non-hydrogen) atoms. The maximum absolute atomic E-state index is 12.8. The van der Waals surface area contributed by atoms with Gasteiger partial charge in [-0.15, -0.1) is 0 Å². The van der Waals surface area contributed by atoms with Crippen LogP contribution in [0.1, 0.15) is 12.0 Å². The largest absolute Gasteiger partial charge is 0.417 e. The number of rotatable bonds is 4. The average Bonchev–Trinajstić information content (AvgIpc) is 3.15. The van der Waals surface area contributed by atoms with Crippen LogP contribution in [0.5, 0.6) is 0 Å². The van der Waals surface area contributed by atoms with E-state index >= 15 is 0 Å². The van der Waals surface area contributed by atoms with Crippen LogP contribution in [0.4, 0.5) is 19.0 Å². The Bertz CT molecular complexity index is 1130. The predicted octanol–water partition coefficient (Wildman–Crippen LogP) is 3.81. The van der Waals surface area contributed by atoms with Crippen LogP contribution in [0.2, 0.25) is 0 Å². The fourth-order valence-corrected chi connectivity index (χ4v) is 4.72. The highest BCUT2D eigenvalue weighted by molar-refractivity contribution is 7.89. The van der Waals surface area contributed by atoms with E-state index in [0.717, 1.165) is 23.0 Å². The van der Waals surface area contributed by atoms with Crippen LogP contribution >= 0.6 is 0 Å². The molecule has 2 aromatic carbocycles. The van der Waals surface area contributed by atoms with E-state index in [1.54, 1.807) is 23.1 Å². The second-order valence-electron chi connectivity index (χ2n) is 6.96. The molecule has 5 nitrogen and oxygen atoms in total. The topological polar surface area (TPSA) is 62.3 Å². The molecule has 1 unspecified atom stereocenters. The maximum atomic E-state index is 12.8. The molecule has 152 valence electrons. The summed E-state index contributed by atoms with van der Waals surface area (Å²) in [5.74, 6) is 0.394. The predicted molar refractivity (Wildman–Crippen MR) is 104 cm³/mol. The number of nitrogens with one attached hydrogen (secondary N) is 1. The fraction of sp³-hybridized carbons (Fsp3) is 0.250. The Hall–Kier alpha value is -2.65. The Kier molecular flexibility index (Phi) is 4.95. The van der Waals surface area contributed by atoms with Crippen LogP contribution in [0, 0.1) is 0 Å². The van der Waals surface area contributed by atoms with Crippen molar-refractivity contribution in [2.45, 2.75) is 23.5 Å². The molecular weight excluding hydrogens is 403 g/mol. The van der Waals surface area contributed by atoms with Gasteiger partial charge in [-0.05, 0) is 41.5 Å².